The molecule has 1 N–H and O–H groups in total. The first kappa shape index (κ1) is 15.1. The summed E-state index contributed by atoms with van der Waals surface area (Å²) in [5.41, 5.74) is 1.98. The quantitative estimate of drug-likeness (QED) is 0.850. The molecule has 0 radical (unpaired) electrons. The molecule has 1 aromatic carbocycles. The van der Waals surface area contributed by atoms with Crippen molar-refractivity contribution in [3.05, 3.63) is 46.7 Å². The fraction of sp³-hybridized carbons (Fsp3) is 0.333. The first-order valence-corrected chi connectivity index (χ1v) is 9.29. The lowest BCUT2D eigenvalue weighted by Gasteiger charge is -2.12. The maximum Gasteiger partial charge on any atom is 0.180 e. The van der Waals surface area contributed by atoms with Crippen LogP contribution in [0.5, 0.6) is 0 Å². The van der Waals surface area contributed by atoms with Gasteiger partial charge in [0.1, 0.15) is 0 Å². The third kappa shape index (κ3) is 3.84. The molecule has 1 aromatic heterocycles. The zero-order valence-corrected chi connectivity index (χ0v) is 13.1. The van der Waals surface area contributed by atoms with Crippen molar-refractivity contribution in [3.63, 3.8) is 0 Å². The van der Waals surface area contributed by atoms with E-state index in [1.807, 2.05) is 19.1 Å². The Kier molecular flexibility index (Phi) is 5.20. The van der Waals surface area contributed by atoms with E-state index in [0.29, 0.717) is 17.0 Å². The van der Waals surface area contributed by atoms with Crippen LogP contribution in [0.2, 0.25) is 0 Å². The number of benzene rings is 1. The van der Waals surface area contributed by atoms with Crippen molar-refractivity contribution < 1.29 is 8.42 Å². The minimum absolute atomic E-state index is 0.191. The number of para-hydroxylation sites is 1. The monoisotopic (exact) mass is 309 g/mol. The first-order chi connectivity index (χ1) is 9.63. The average molecular weight is 309 g/mol. The van der Waals surface area contributed by atoms with Gasteiger partial charge in [0.15, 0.2) is 9.84 Å². The summed E-state index contributed by atoms with van der Waals surface area (Å²) in [7, 11) is -3.19. The standard InChI is InChI=1S/C15H19NO2S2/c1-2-11-20(17,18)15-6-4-3-5-14(15)16-9-7-13-8-10-19-12-13/h3-6,8,10,12,16H,2,7,9,11H2,1H3. The largest absolute Gasteiger partial charge is 0.384 e. The molecular weight excluding hydrogens is 290 g/mol. The smallest absolute Gasteiger partial charge is 0.180 e. The SMILES string of the molecule is CCCS(=O)(=O)c1ccccc1NCCc1ccsc1. The Morgan fingerprint density at radius 1 is 1.20 bits per heavy atom. The molecule has 0 atom stereocenters. The molecule has 5 heteroatoms. The second-order valence-electron chi connectivity index (χ2n) is 4.62. The topological polar surface area (TPSA) is 46.2 Å². The molecule has 0 saturated heterocycles. The lowest BCUT2D eigenvalue weighted by atomic mass is 10.2. The molecule has 0 spiro atoms. The molecule has 0 fully saturated rings. The molecule has 1 heterocycles. The van der Waals surface area contributed by atoms with E-state index >= 15 is 0 Å². The van der Waals surface area contributed by atoms with E-state index in [2.05, 4.69) is 22.1 Å². The molecule has 0 unspecified atom stereocenters. The van der Waals surface area contributed by atoms with Gasteiger partial charge in [-0.1, -0.05) is 19.1 Å². The van der Waals surface area contributed by atoms with E-state index in [0.717, 1.165) is 13.0 Å². The number of rotatable bonds is 7. The van der Waals surface area contributed by atoms with Crippen molar-refractivity contribution in [2.45, 2.75) is 24.7 Å². The highest BCUT2D eigenvalue weighted by molar-refractivity contribution is 7.91. The van der Waals surface area contributed by atoms with Crippen molar-refractivity contribution in [2.24, 2.45) is 0 Å². The van der Waals surface area contributed by atoms with Crippen LogP contribution in [0.15, 0.2) is 46.0 Å². The summed E-state index contributed by atoms with van der Waals surface area (Å²) in [5, 5.41) is 7.40. The van der Waals surface area contributed by atoms with Crippen LogP contribution in [0.3, 0.4) is 0 Å². The van der Waals surface area contributed by atoms with Crippen LogP contribution in [0.25, 0.3) is 0 Å². The third-order valence-electron chi connectivity index (χ3n) is 3.00. The average Bonchev–Trinajstić information content (AvgIpc) is 2.92. The van der Waals surface area contributed by atoms with Crippen LogP contribution < -0.4 is 5.32 Å². The van der Waals surface area contributed by atoms with E-state index in [-0.39, 0.29) is 5.75 Å². The third-order valence-corrected chi connectivity index (χ3v) is 5.71. The van der Waals surface area contributed by atoms with E-state index in [1.54, 1.807) is 23.5 Å². The molecule has 108 valence electrons. The van der Waals surface area contributed by atoms with Crippen molar-refractivity contribution in [1.29, 1.82) is 0 Å². The van der Waals surface area contributed by atoms with Gasteiger partial charge in [0.2, 0.25) is 0 Å². The number of sulfone groups is 1. The predicted molar refractivity (Wildman–Crippen MR) is 85.3 cm³/mol. The summed E-state index contributed by atoms with van der Waals surface area (Å²) in [6.07, 6.45) is 1.53. The van der Waals surface area contributed by atoms with E-state index in [1.165, 1.54) is 5.56 Å². The fourth-order valence-corrected chi connectivity index (χ4v) is 4.26. The summed E-state index contributed by atoms with van der Waals surface area (Å²) in [4.78, 5) is 0.409. The molecule has 0 saturated carbocycles. The molecule has 0 aliphatic carbocycles. The zero-order valence-electron chi connectivity index (χ0n) is 11.5. The highest BCUT2D eigenvalue weighted by atomic mass is 32.2. The second-order valence-corrected chi connectivity index (χ2v) is 7.48. The molecule has 2 rings (SSSR count). The van der Waals surface area contributed by atoms with Gasteiger partial charge in [-0.3, -0.25) is 0 Å². The summed E-state index contributed by atoms with van der Waals surface area (Å²) in [6, 6.07) is 9.23. The second kappa shape index (κ2) is 6.90. The van der Waals surface area contributed by atoms with Gasteiger partial charge in [-0.25, -0.2) is 8.42 Å². The zero-order chi connectivity index (χ0) is 14.4. The lowest BCUT2D eigenvalue weighted by molar-refractivity contribution is 0.595. The van der Waals surface area contributed by atoms with Gasteiger partial charge in [-0.2, -0.15) is 11.3 Å². The Balaban J connectivity index is 2.08. The van der Waals surface area contributed by atoms with Gasteiger partial charge in [0.05, 0.1) is 16.3 Å². The van der Waals surface area contributed by atoms with Crippen LogP contribution in [0.4, 0.5) is 5.69 Å². The number of anilines is 1. The van der Waals surface area contributed by atoms with E-state index < -0.39 is 9.84 Å². The van der Waals surface area contributed by atoms with Crippen LogP contribution in [0.1, 0.15) is 18.9 Å². The highest BCUT2D eigenvalue weighted by Gasteiger charge is 2.16. The molecule has 20 heavy (non-hydrogen) atoms. The number of nitrogens with one attached hydrogen (secondary N) is 1. The van der Waals surface area contributed by atoms with Crippen molar-refractivity contribution >= 4 is 26.9 Å². The Hall–Kier alpha value is -1.33. The Morgan fingerprint density at radius 3 is 2.70 bits per heavy atom. The maximum atomic E-state index is 12.2. The molecule has 2 aromatic rings. The van der Waals surface area contributed by atoms with Crippen LogP contribution >= 0.6 is 11.3 Å². The lowest BCUT2D eigenvalue weighted by Crippen LogP contribution is -2.12. The van der Waals surface area contributed by atoms with Gasteiger partial charge in [0, 0.05) is 6.54 Å². The van der Waals surface area contributed by atoms with Crippen LogP contribution in [-0.2, 0) is 16.3 Å². The molecule has 0 aliphatic heterocycles. The maximum absolute atomic E-state index is 12.2. The number of thiophene rings is 1. The Morgan fingerprint density at radius 2 is 2.00 bits per heavy atom. The van der Waals surface area contributed by atoms with Gasteiger partial charge < -0.3 is 5.32 Å². The normalized spacial score (nSPS) is 11.4. The van der Waals surface area contributed by atoms with Gasteiger partial charge in [0.25, 0.3) is 0 Å². The van der Waals surface area contributed by atoms with Gasteiger partial charge in [-0.05, 0) is 47.4 Å². The number of hydrogen-bond acceptors (Lipinski definition) is 4. The summed E-state index contributed by atoms with van der Waals surface area (Å²) in [5.74, 6) is 0.191. The first-order valence-electron chi connectivity index (χ1n) is 6.70. The fourth-order valence-electron chi connectivity index (χ4n) is 2.04. The minimum Gasteiger partial charge on any atom is -0.384 e. The van der Waals surface area contributed by atoms with Crippen LogP contribution in [0, 0.1) is 0 Å². The Bertz CT molecular complexity index is 634. The van der Waals surface area contributed by atoms with Gasteiger partial charge in [-0.15, -0.1) is 0 Å². The predicted octanol–water partition coefficient (Wildman–Crippen LogP) is 3.59. The molecule has 0 amide bonds. The minimum atomic E-state index is -3.19. The molecule has 3 nitrogen and oxygen atoms in total. The molecule has 0 bridgehead atoms. The summed E-state index contributed by atoms with van der Waals surface area (Å²) < 4.78 is 24.4. The van der Waals surface area contributed by atoms with Gasteiger partial charge >= 0.3 is 0 Å². The highest BCUT2D eigenvalue weighted by Crippen LogP contribution is 2.22. The van der Waals surface area contributed by atoms with Crippen molar-refractivity contribution in [3.8, 4) is 0 Å². The summed E-state index contributed by atoms with van der Waals surface area (Å²) >= 11 is 1.68. The van der Waals surface area contributed by atoms with E-state index in [4.69, 9.17) is 0 Å². The Labute approximate surface area is 124 Å². The van der Waals surface area contributed by atoms with E-state index in [9.17, 15) is 8.42 Å². The van der Waals surface area contributed by atoms with Crippen molar-refractivity contribution in [1.82, 2.24) is 0 Å². The number of hydrogen-bond donors (Lipinski definition) is 1. The van der Waals surface area contributed by atoms with Crippen molar-refractivity contribution in [2.75, 3.05) is 17.6 Å². The molecular formula is C15H19NO2S2. The molecule has 0 aliphatic rings. The summed E-state index contributed by atoms with van der Waals surface area (Å²) in [6.45, 7) is 2.61. The van der Waals surface area contributed by atoms with Crippen LogP contribution in [-0.4, -0.2) is 20.7 Å².